The number of para-hydroxylation sites is 1. The van der Waals surface area contributed by atoms with E-state index in [9.17, 15) is 14.7 Å². The third kappa shape index (κ3) is 2.91. The van der Waals surface area contributed by atoms with E-state index in [1.54, 1.807) is 24.1 Å². The fraction of sp³-hybridized carbons (Fsp3) is 0.300. The lowest BCUT2D eigenvalue weighted by molar-refractivity contribution is -0.141. The highest BCUT2D eigenvalue weighted by Gasteiger charge is 2.50. The van der Waals surface area contributed by atoms with Gasteiger partial charge in [0.2, 0.25) is 0 Å². The lowest BCUT2D eigenvalue weighted by Crippen LogP contribution is -2.41. The molecule has 5 heteroatoms. The molecule has 2 aromatic carbocycles. The second kappa shape index (κ2) is 6.33. The summed E-state index contributed by atoms with van der Waals surface area (Å²) in [5, 5.41) is 11.0. The van der Waals surface area contributed by atoms with Crippen LogP contribution in [0.3, 0.4) is 0 Å². The molecule has 1 amide bonds. The molecule has 1 N–H and O–H groups in total. The number of Topliss-reactive ketones (excluding diaryl/α,β-unsaturated/α-hetero) is 1. The van der Waals surface area contributed by atoms with Crippen LogP contribution in [0.1, 0.15) is 30.0 Å². The molecule has 130 valence electrons. The first-order valence-corrected chi connectivity index (χ1v) is 8.13. The van der Waals surface area contributed by atoms with Crippen molar-refractivity contribution in [2.24, 2.45) is 0 Å². The number of rotatable bonds is 5. The molecule has 0 saturated carbocycles. The number of hydrogen-bond donors (Lipinski definition) is 1. The molecule has 1 heterocycles. The molecule has 0 spiro atoms. The molecule has 5 nitrogen and oxygen atoms in total. The van der Waals surface area contributed by atoms with Gasteiger partial charge < -0.3 is 14.7 Å². The van der Waals surface area contributed by atoms with E-state index in [-0.39, 0.29) is 12.2 Å². The standard InChI is InChI=1S/C20H21NO4/c1-13-5-4-6-17-18(13)21(19(23)20(17,24)11-14(2)22)12-15-7-9-16(25-3)10-8-15/h4-10,24H,11-12H2,1-3H3. The SMILES string of the molecule is COc1ccc(CN2C(=O)C(O)(CC(C)=O)c3cccc(C)c32)cc1. The van der Waals surface area contributed by atoms with Crippen LogP contribution in [0.15, 0.2) is 42.5 Å². The van der Waals surface area contributed by atoms with Crippen LogP contribution >= 0.6 is 0 Å². The number of hydrogen-bond acceptors (Lipinski definition) is 4. The van der Waals surface area contributed by atoms with Crippen molar-refractivity contribution in [2.45, 2.75) is 32.4 Å². The van der Waals surface area contributed by atoms with Gasteiger partial charge >= 0.3 is 0 Å². The number of fused-ring (bicyclic) bond motifs is 1. The molecule has 25 heavy (non-hydrogen) atoms. The predicted molar refractivity (Wildman–Crippen MR) is 94.6 cm³/mol. The van der Waals surface area contributed by atoms with Crippen LogP contribution in [0.25, 0.3) is 0 Å². The molecule has 0 bridgehead atoms. The molecular weight excluding hydrogens is 318 g/mol. The lowest BCUT2D eigenvalue weighted by atomic mass is 9.89. The van der Waals surface area contributed by atoms with Crippen molar-refractivity contribution >= 4 is 17.4 Å². The average Bonchev–Trinajstić information content (AvgIpc) is 2.78. The Labute approximate surface area is 146 Å². The Kier molecular flexibility index (Phi) is 4.35. The van der Waals surface area contributed by atoms with E-state index < -0.39 is 11.5 Å². The van der Waals surface area contributed by atoms with Crippen LogP contribution in [0.2, 0.25) is 0 Å². The smallest absolute Gasteiger partial charge is 0.264 e. The molecule has 0 fully saturated rings. The van der Waals surface area contributed by atoms with E-state index in [4.69, 9.17) is 4.74 Å². The van der Waals surface area contributed by atoms with Crippen LogP contribution < -0.4 is 9.64 Å². The van der Waals surface area contributed by atoms with Gasteiger partial charge in [0.1, 0.15) is 11.5 Å². The van der Waals surface area contributed by atoms with Gasteiger partial charge in [0.15, 0.2) is 5.60 Å². The lowest BCUT2D eigenvalue weighted by Gasteiger charge is -2.22. The summed E-state index contributed by atoms with van der Waals surface area (Å²) in [4.78, 5) is 26.2. The van der Waals surface area contributed by atoms with E-state index >= 15 is 0 Å². The summed E-state index contributed by atoms with van der Waals surface area (Å²) in [6.07, 6.45) is -0.221. The van der Waals surface area contributed by atoms with Crippen LogP contribution in [0.4, 0.5) is 5.69 Å². The molecule has 0 aliphatic carbocycles. The van der Waals surface area contributed by atoms with Crippen molar-refractivity contribution in [1.29, 1.82) is 0 Å². The van der Waals surface area contributed by atoms with Gasteiger partial charge in [-0.2, -0.15) is 0 Å². The summed E-state index contributed by atoms with van der Waals surface area (Å²) < 4.78 is 5.15. The second-order valence-corrected chi connectivity index (χ2v) is 6.45. The predicted octanol–water partition coefficient (Wildman–Crippen LogP) is 2.72. The summed E-state index contributed by atoms with van der Waals surface area (Å²) in [6.45, 7) is 3.60. The molecule has 1 atom stereocenters. The number of benzene rings is 2. The summed E-state index contributed by atoms with van der Waals surface area (Å²) in [5.41, 5.74) is 1.20. The number of aryl methyl sites for hydroxylation is 1. The van der Waals surface area contributed by atoms with E-state index in [2.05, 4.69) is 0 Å². The van der Waals surface area contributed by atoms with Gasteiger partial charge in [-0.05, 0) is 37.1 Å². The van der Waals surface area contributed by atoms with Gasteiger partial charge in [-0.25, -0.2) is 0 Å². The van der Waals surface area contributed by atoms with Crippen molar-refractivity contribution < 1.29 is 19.4 Å². The minimum atomic E-state index is -1.79. The quantitative estimate of drug-likeness (QED) is 0.909. The fourth-order valence-corrected chi connectivity index (χ4v) is 3.39. The Bertz CT molecular complexity index is 828. The molecule has 1 aliphatic rings. The van der Waals surface area contributed by atoms with Crippen molar-refractivity contribution in [2.75, 3.05) is 12.0 Å². The molecule has 0 radical (unpaired) electrons. The van der Waals surface area contributed by atoms with Crippen molar-refractivity contribution in [3.8, 4) is 5.75 Å². The van der Waals surface area contributed by atoms with Crippen LogP contribution in [-0.2, 0) is 21.7 Å². The van der Waals surface area contributed by atoms with Crippen LogP contribution in [-0.4, -0.2) is 23.9 Å². The Morgan fingerprint density at radius 2 is 1.88 bits per heavy atom. The van der Waals surface area contributed by atoms with Crippen molar-refractivity contribution in [3.05, 3.63) is 59.2 Å². The number of nitrogens with zero attached hydrogens (tertiary/aromatic N) is 1. The normalized spacial score (nSPS) is 19.0. The second-order valence-electron chi connectivity index (χ2n) is 6.45. The number of carbonyl (C=O) groups excluding carboxylic acids is 2. The number of methoxy groups -OCH3 is 1. The Balaban J connectivity index is 2.02. The first-order chi connectivity index (χ1) is 11.9. The number of ketones is 1. The zero-order valence-electron chi connectivity index (χ0n) is 14.6. The molecule has 0 saturated heterocycles. The van der Waals surface area contributed by atoms with Crippen molar-refractivity contribution in [3.63, 3.8) is 0 Å². The third-order valence-corrected chi connectivity index (χ3v) is 4.56. The summed E-state index contributed by atoms with van der Waals surface area (Å²) in [6, 6.07) is 12.8. The van der Waals surface area contributed by atoms with Crippen molar-refractivity contribution in [1.82, 2.24) is 0 Å². The van der Waals surface area contributed by atoms with Crippen LogP contribution in [0, 0.1) is 6.92 Å². The molecule has 1 unspecified atom stereocenters. The number of ether oxygens (including phenoxy) is 1. The maximum Gasteiger partial charge on any atom is 0.264 e. The fourth-order valence-electron chi connectivity index (χ4n) is 3.39. The van der Waals surface area contributed by atoms with Crippen LogP contribution in [0.5, 0.6) is 5.75 Å². The number of anilines is 1. The number of carbonyl (C=O) groups is 2. The molecule has 1 aliphatic heterocycles. The van der Waals surface area contributed by atoms with E-state index in [1.807, 2.05) is 37.3 Å². The maximum atomic E-state index is 13.0. The molecule has 0 aromatic heterocycles. The Hall–Kier alpha value is -2.66. The summed E-state index contributed by atoms with van der Waals surface area (Å²) >= 11 is 0. The van der Waals surface area contributed by atoms with Gasteiger partial charge in [0.25, 0.3) is 5.91 Å². The van der Waals surface area contributed by atoms with Gasteiger partial charge in [-0.1, -0.05) is 30.3 Å². The highest BCUT2D eigenvalue weighted by molar-refractivity contribution is 6.09. The first-order valence-electron chi connectivity index (χ1n) is 8.13. The Morgan fingerprint density at radius 3 is 2.48 bits per heavy atom. The van der Waals surface area contributed by atoms with Gasteiger partial charge in [0.05, 0.1) is 19.3 Å². The number of amides is 1. The summed E-state index contributed by atoms with van der Waals surface area (Å²) in [7, 11) is 1.60. The number of aliphatic hydroxyl groups is 1. The summed E-state index contributed by atoms with van der Waals surface area (Å²) in [5.74, 6) is 0.0542. The highest BCUT2D eigenvalue weighted by Crippen LogP contribution is 2.44. The monoisotopic (exact) mass is 339 g/mol. The largest absolute Gasteiger partial charge is 0.497 e. The minimum Gasteiger partial charge on any atom is -0.497 e. The van der Waals surface area contributed by atoms with Gasteiger partial charge in [-0.15, -0.1) is 0 Å². The van der Waals surface area contributed by atoms with E-state index in [0.29, 0.717) is 17.8 Å². The van der Waals surface area contributed by atoms with E-state index in [0.717, 1.165) is 16.9 Å². The maximum absolute atomic E-state index is 13.0. The third-order valence-electron chi connectivity index (χ3n) is 4.56. The molecular formula is C20H21NO4. The Morgan fingerprint density at radius 1 is 1.20 bits per heavy atom. The zero-order valence-corrected chi connectivity index (χ0v) is 14.6. The van der Waals surface area contributed by atoms with Gasteiger partial charge in [0, 0.05) is 12.0 Å². The first kappa shape index (κ1) is 17.2. The minimum absolute atomic E-state index is 0.221. The van der Waals surface area contributed by atoms with Gasteiger partial charge in [-0.3, -0.25) is 9.59 Å². The topological polar surface area (TPSA) is 66.8 Å². The highest BCUT2D eigenvalue weighted by atomic mass is 16.5. The average molecular weight is 339 g/mol. The van der Waals surface area contributed by atoms with E-state index in [1.165, 1.54) is 6.92 Å². The zero-order chi connectivity index (χ0) is 18.2. The molecule has 3 rings (SSSR count). The molecule has 2 aromatic rings.